The summed E-state index contributed by atoms with van der Waals surface area (Å²) in [5.41, 5.74) is 0.574. The predicted molar refractivity (Wildman–Crippen MR) is 72.5 cm³/mol. The number of nitro groups is 1. The van der Waals surface area contributed by atoms with Crippen molar-refractivity contribution < 1.29 is 4.92 Å². The fourth-order valence-electron chi connectivity index (χ4n) is 2.15. The molecule has 1 heterocycles. The molecule has 0 unspecified atom stereocenters. The molecule has 1 aromatic heterocycles. The SMILES string of the molecule is CC(C)C(CNc1ccncc1[N+](=O)[O-])C(C)C. The van der Waals surface area contributed by atoms with Gasteiger partial charge in [0.15, 0.2) is 0 Å². The minimum absolute atomic E-state index is 0.0313. The molecule has 5 nitrogen and oxygen atoms in total. The Labute approximate surface area is 108 Å². The second-order valence-corrected chi connectivity index (χ2v) is 5.18. The van der Waals surface area contributed by atoms with Gasteiger partial charge in [0.2, 0.25) is 0 Å². The summed E-state index contributed by atoms with van der Waals surface area (Å²) in [5, 5.41) is 14.0. The summed E-state index contributed by atoms with van der Waals surface area (Å²) in [6.07, 6.45) is 2.84. The molecule has 0 bridgehead atoms. The Balaban J connectivity index is 2.76. The number of nitrogens with one attached hydrogen (secondary N) is 1. The molecule has 5 heteroatoms. The summed E-state index contributed by atoms with van der Waals surface area (Å²) in [4.78, 5) is 14.2. The molecule has 0 aliphatic rings. The summed E-state index contributed by atoms with van der Waals surface area (Å²) in [6.45, 7) is 9.43. The zero-order chi connectivity index (χ0) is 13.7. The highest BCUT2D eigenvalue weighted by molar-refractivity contribution is 5.59. The number of hydrogen-bond acceptors (Lipinski definition) is 4. The predicted octanol–water partition coefficient (Wildman–Crippen LogP) is 3.33. The summed E-state index contributed by atoms with van der Waals surface area (Å²) < 4.78 is 0. The Morgan fingerprint density at radius 3 is 2.44 bits per heavy atom. The Morgan fingerprint density at radius 1 is 1.33 bits per heavy atom. The van der Waals surface area contributed by atoms with Crippen molar-refractivity contribution in [2.24, 2.45) is 17.8 Å². The molecule has 1 rings (SSSR count). The molecular formula is C13H21N3O2. The molecule has 0 saturated carbocycles. The van der Waals surface area contributed by atoms with Gasteiger partial charge in [0.05, 0.1) is 4.92 Å². The van der Waals surface area contributed by atoms with Gasteiger partial charge in [-0.15, -0.1) is 0 Å². The number of hydrogen-bond donors (Lipinski definition) is 1. The lowest BCUT2D eigenvalue weighted by Crippen LogP contribution is -2.24. The van der Waals surface area contributed by atoms with E-state index in [0.717, 1.165) is 6.54 Å². The van der Waals surface area contributed by atoms with E-state index in [2.05, 4.69) is 38.0 Å². The highest BCUT2D eigenvalue weighted by Gasteiger charge is 2.19. The van der Waals surface area contributed by atoms with Crippen LogP contribution in [-0.4, -0.2) is 16.5 Å². The molecule has 0 radical (unpaired) electrons. The van der Waals surface area contributed by atoms with E-state index in [0.29, 0.717) is 23.4 Å². The fraction of sp³-hybridized carbons (Fsp3) is 0.615. The molecule has 1 aromatic rings. The molecule has 0 saturated heterocycles. The van der Waals surface area contributed by atoms with E-state index in [1.54, 1.807) is 12.3 Å². The number of pyridine rings is 1. The Hall–Kier alpha value is -1.65. The van der Waals surface area contributed by atoms with Crippen molar-refractivity contribution in [1.82, 2.24) is 4.98 Å². The van der Waals surface area contributed by atoms with Crippen molar-refractivity contribution >= 4 is 11.4 Å². The van der Waals surface area contributed by atoms with Gasteiger partial charge in [0, 0.05) is 12.7 Å². The zero-order valence-corrected chi connectivity index (χ0v) is 11.4. The lowest BCUT2D eigenvalue weighted by atomic mass is 9.85. The van der Waals surface area contributed by atoms with Crippen LogP contribution in [0.5, 0.6) is 0 Å². The van der Waals surface area contributed by atoms with Crippen molar-refractivity contribution in [2.75, 3.05) is 11.9 Å². The van der Waals surface area contributed by atoms with Crippen molar-refractivity contribution in [3.8, 4) is 0 Å². The van der Waals surface area contributed by atoms with E-state index in [1.807, 2.05) is 0 Å². The van der Waals surface area contributed by atoms with Crippen molar-refractivity contribution in [1.29, 1.82) is 0 Å². The van der Waals surface area contributed by atoms with Gasteiger partial charge in [-0.3, -0.25) is 15.1 Å². The van der Waals surface area contributed by atoms with Crippen LogP contribution >= 0.6 is 0 Å². The van der Waals surface area contributed by atoms with Crippen LogP contribution in [0.1, 0.15) is 27.7 Å². The zero-order valence-electron chi connectivity index (χ0n) is 11.4. The summed E-state index contributed by atoms with van der Waals surface area (Å²) in [7, 11) is 0. The van der Waals surface area contributed by atoms with E-state index >= 15 is 0 Å². The maximum Gasteiger partial charge on any atom is 0.310 e. The first-order valence-electron chi connectivity index (χ1n) is 6.25. The first-order chi connectivity index (χ1) is 8.43. The molecule has 0 aliphatic carbocycles. The minimum Gasteiger partial charge on any atom is -0.379 e. The third-order valence-corrected chi connectivity index (χ3v) is 3.24. The average Bonchev–Trinajstić information content (AvgIpc) is 2.28. The average molecular weight is 251 g/mol. The molecule has 1 N–H and O–H groups in total. The van der Waals surface area contributed by atoms with E-state index in [4.69, 9.17) is 0 Å². The quantitative estimate of drug-likeness (QED) is 0.622. The lowest BCUT2D eigenvalue weighted by Gasteiger charge is -2.25. The van der Waals surface area contributed by atoms with Crippen LogP contribution in [0.3, 0.4) is 0 Å². The standard InChI is InChI=1S/C13H21N3O2/c1-9(2)11(10(3)4)7-15-12-5-6-14-8-13(12)16(17)18/h5-6,8-11H,7H2,1-4H3,(H,14,15). The lowest BCUT2D eigenvalue weighted by molar-refractivity contribution is -0.384. The van der Waals surface area contributed by atoms with E-state index in [9.17, 15) is 10.1 Å². The van der Waals surface area contributed by atoms with Crippen LogP contribution in [0.4, 0.5) is 11.4 Å². The Morgan fingerprint density at radius 2 is 1.94 bits per heavy atom. The monoisotopic (exact) mass is 251 g/mol. The highest BCUT2D eigenvalue weighted by Crippen LogP contribution is 2.25. The van der Waals surface area contributed by atoms with E-state index < -0.39 is 4.92 Å². The molecule has 0 atom stereocenters. The first-order valence-corrected chi connectivity index (χ1v) is 6.25. The summed E-state index contributed by atoms with van der Waals surface area (Å²) >= 11 is 0. The van der Waals surface area contributed by atoms with Crippen LogP contribution in [0.15, 0.2) is 18.5 Å². The topological polar surface area (TPSA) is 68.1 Å². The molecule has 0 fully saturated rings. The largest absolute Gasteiger partial charge is 0.379 e. The second kappa shape index (κ2) is 6.33. The van der Waals surface area contributed by atoms with Crippen molar-refractivity contribution in [3.63, 3.8) is 0 Å². The van der Waals surface area contributed by atoms with Gasteiger partial charge < -0.3 is 5.32 Å². The maximum absolute atomic E-state index is 10.9. The Kier molecular flexibility index (Phi) is 5.07. The third kappa shape index (κ3) is 3.68. The first kappa shape index (κ1) is 14.4. The minimum atomic E-state index is -0.408. The highest BCUT2D eigenvalue weighted by atomic mass is 16.6. The normalized spacial score (nSPS) is 11.3. The fourth-order valence-corrected chi connectivity index (χ4v) is 2.15. The van der Waals surface area contributed by atoms with Crippen molar-refractivity contribution in [2.45, 2.75) is 27.7 Å². The summed E-state index contributed by atoms with van der Waals surface area (Å²) in [6, 6.07) is 1.65. The number of aromatic nitrogens is 1. The molecular weight excluding hydrogens is 230 g/mol. The molecule has 100 valence electrons. The van der Waals surface area contributed by atoms with Gasteiger partial charge in [-0.2, -0.15) is 0 Å². The molecule has 0 spiro atoms. The number of nitrogens with zero attached hydrogens (tertiary/aromatic N) is 2. The van der Waals surface area contributed by atoms with Crippen molar-refractivity contribution in [3.05, 3.63) is 28.6 Å². The maximum atomic E-state index is 10.9. The third-order valence-electron chi connectivity index (χ3n) is 3.24. The summed E-state index contributed by atoms with van der Waals surface area (Å²) in [5.74, 6) is 1.56. The van der Waals surface area contributed by atoms with E-state index in [-0.39, 0.29) is 5.69 Å². The molecule has 0 aliphatic heterocycles. The van der Waals surface area contributed by atoms with Gasteiger partial charge >= 0.3 is 5.69 Å². The Bertz CT molecular complexity index is 397. The van der Waals surface area contributed by atoms with Crippen LogP contribution in [0, 0.1) is 27.9 Å². The van der Waals surface area contributed by atoms with Crippen LogP contribution in [-0.2, 0) is 0 Å². The number of anilines is 1. The molecule has 18 heavy (non-hydrogen) atoms. The smallest absolute Gasteiger partial charge is 0.310 e. The van der Waals surface area contributed by atoms with Crippen LogP contribution in [0.2, 0.25) is 0 Å². The van der Waals surface area contributed by atoms with Gasteiger partial charge in [0.1, 0.15) is 11.9 Å². The number of rotatable bonds is 6. The van der Waals surface area contributed by atoms with Gasteiger partial charge in [-0.25, -0.2) is 0 Å². The van der Waals surface area contributed by atoms with Crippen LogP contribution < -0.4 is 5.32 Å². The molecule has 0 aromatic carbocycles. The van der Waals surface area contributed by atoms with Gasteiger partial charge in [-0.05, 0) is 23.8 Å². The van der Waals surface area contributed by atoms with Gasteiger partial charge in [0.25, 0.3) is 0 Å². The van der Waals surface area contributed by atoms with Crippen LogP contribution in [0.25, 0.3) is 0 Å². The van der Waals surface area contributed by atoms with E-state index in [1.165, 1.54) is 6.20 Å². The van der Waals surface area contributed by atoms with Gasteiger partial charge in [-0.1, -0.05) is 27.7 Å². The second-order valence-electron chi connectivity index (χ2n) is 5.18. The molecule has 0 amide bonds.